The van der Waals surface area contributed by atoms with E-state index in [-0.39, 0.29) is 0 Å². The summed E-state index contributed by atoms with van der Waals surface area (Å²) >= 11 is 0. The molecule has 1 aromatic heterocycles. The number of allylic oxidation sites excluding steroid dienone is 1. The molecule has 0 saturated carbocycles. The molecule has 0 spiro atoms. The first-order valence-electron chi connectivity index (χ1n) is 7.75. The van der Waals surface area contributed by atoms with Crippen molar-refractivity contribution in [1.82, 2.24) is 10.2 Å². The Labute approximate surface area is 122 Å². The number of nitrogens with zero attached hydrogens (tertiary/aromatic N) is 3. The smallest absolute Gasteiger partial charge is 0.154 e. The summed E-state index contributed by atoms with van der Waals surface area (Å²) in [4.78, 5) is 2.36. The summed E-state index contributed by atoms with van der Waals surface area (Å²) in [5.74, 6) is 1.51. The summed E-state index contributed by atoms with van der Waals surface area (Å²) in [5.41, 5.74) is 2.20. The van der Waals surface area contributed by atoms with E-state index in [1.54, 1.807) is 0 Å². The van der Waals surface area contributed by atoms with E-state index >= 15 is 0 Å². The number of aromatic nitrogens is 2. The van der Waals surface area contributed by atoms with Crippen LogP contribution in [0.5, 0.6) is 0 Å². The Hall–Kier alpha value is -1.58. The van der Waals surface area contributed by atoms with Gasteiger partial charge in [-0.05, 0) is 25.2 Å². The van der Waals surface area contributed by atoms with Gasteiger partial charge in [0.25, 0.3) is 0 Å². The van der Waals surface area contributed by atoms with E-state index in [0.29, 0.717) is 5.92 Å². The van der Waals surface area contributed by atoms with Crippen LogP contribution in [0, 0.1) is 5.92 Å². The van der Waals surface area contributed by atoms with Gasteiger partial charge in [-0.25, -0.2) is 0 Å². The summed E-state index contributed by atoms with van der Waals surface area (Å²) < 4.78 is 0. The van der Waals surface area contributed by atoms with Gasteiger partial charge in [-0.15, -0.1) is 5.10 Å². The molecule has 1 N–H and O–H groups in total. The topological polar surface area (TPSA) is 41.0 Å². The van der Waals surface area contributed by atoms with E-state index in [2.05, 4.69) is 46.9 Å². The number of rotatable bonds is 7. The molecule has 0 atom stereocenters. The van der Waals surface area contributed by atoms with Gasteiger partial charge in [0.15, 0.2) is 5.82 Å². The van der Waals surface area contributed by atoms with Crippen molar-refractivity contribution in [2.24, 2.45) is 5.92 Å². The molecule has 1 aliphatic heterocycles. The second-order valence-corrected chi connectivity index (χ2v) is 5.61. The second-order valence-electron chi connectivity index (χ2n) is 5.61. The summed E-state index contributed by atoms with van der Waals surface area (Å²) in [6.45, 7) is 10.8. The first-order valence-corrected chi connectivity index (χ1v) is 7.75. The van der Waals surface area contributed by atoms with Gasteiger partial charge in [-0.2, -0.15) is 5.10 Å². The maximum Gasteiger partial charge on any atom is 0.154 e. The lowest BCUT2D eigenvalue weighted by Crippen LogP contribution is -2.18. The van der Waals surface area contributed by atoms with Crippen LogP contribution in [0.3, 0.4) is 0 Å². The first kappa shape index (κ1) is 14.8. The van der Waals surface area contributed by atoms with Crippen molar-refractivity contribution in [3.63, 3.8) is 0 Å². The van der Waals surface area contributed by atoms with Crippen LogP contribution in [0.15, 0.2) is 24.5 Å². The largest absolute Gasteiger partial charge is 0.370 e. The minimum atomic E-state index is 0.699. The van der Waals surface area contributed by atoms with Gasteiger partial charge in [0.05, 0.1) is 11.9 Å². The molecule has 0 radical (unpaired) electrons. The van der Waals surface area contributed by atoms with E-state index < -0.39 is 0 Å². The Morgan fingerprint density at radius 2 is 2.05 bits per heavy atom. The fourth-order valence-electron chi connectivity index (χ4n) is 2.72. The van der Waals surface area contributed by atoms with Crippen molar-refractivity contribution < 1.29 is 0 Å². The lowest BCUT2D eigenvalue weighted by molar-refractivity contribution is 0.490. The molecule has 20 heavy (non-hydrogen) atoms. The molecule has 0 aliphatic carbocycles. The molecule has 1 fully saturated rings. The van der Waals surface area contributed by atoms with Gasteiger partial charge in [-0.3, -0.25) is 0 Å². The molecule has 1 aliphatic rings. The lowest BCUT2D eigenvalue weighted by atomic mass is 9.98. The van der Waals surface area contributed by atoms with E-state index in [4.69, 9.17) is 0 Å². The van der Waals surface area contributed by atoms with E-state index in [1.807, 2.05) is 6.20 Å². The van der Waals surface area contributed by atoms with Gasteiger partial charge in [0, 0.05) is 24.9 Å². The molecular formula is C16H26N4. The van der Waals surface area contributed by atoms with Crippen LogP contribution in [0.2, 0.25) is 0 Å². The van der Waals surface area contributed by atoms with Gasteiger partial charge >= 0.3 is 0 Å². The third-order valence-corrected chi connectivity index (χ3v) is 4.11. The Bertz CT molecular complexity index is 434. The third kappa shape index (κ3) is 3.95. The molecule has 4 heteroatoms. The monoisotopic (exact) mass is 274 g/mol. The molecule has 2 rings (SSSR count). The fourth-order valence-corrected chi connectivity index (χ4v) is 2.72. The van der Waals surface area contributed by atoms with Gasteiger partial charge in [0.2, 0.25) is 0 Å². The minimum Gasteiger partial charge on any atom is -0.370 e. The average molecular weight is 274 g/mol. The van der Waals surface area contributed by atoms with Crippen molar-refractivity contribution in [3.05, 3.63) is 24.5 Å². The van der Waals surface area contributed by atoms with Gasteiger partial charge < -0.3 is 10.2 Å². The maximum atomic E-state index is 4.16. The molecule has 0 bridgehead atoms. The molecule has 2 heterocycles. The standard InChI is InChI=1S/C16H26N4/c1-4-14(5-2)10-13(3)18-16-11-15(12-17-19-16)20-8-6-7-9-20/h11-12,14H,3-10H2,1-2H3,(H,18,19). The fraction of sp³-hybridized carbons (Fsp3) is 0.625. The molecule has 0 aromatic carbocycles. The Kier molecular flexibility index (Phi) is 5.39. The van der Waals surface area contributed by atoms with Crippen LogP contribution < -0.4 is 10.2 Å². The predicted octanol–water partition coefficient (Wildman–Crippen LogP) is 3.83. The zero-order valence-electron chi connectivity index (χ0n) is 12.7. The lowest BCUT2D eigenvalue weighted by Gasteiger charge is -2.18. The molecule has 0 unspecified atom stereocenters. The highest BCUT2D eigenvalue weighted by Gasteiger charge is 2.13. The summed E-state index contributed by atoms with van der Waals surface area (Å²) in [6.07, 6.45) is 7.77. The molecule has 1 aromatic rings. The Balaban J connectivity index is 1.95. The maximum absolute atomic E-state index is 4.16. The number of hydrogen-bond acceptors (Lipinski definition) is 4. The van der Waals surface area contributed by atoms with E-state index in [9.17, 15) is 0 Å². The minimum absolute atomic E-state index is 0.699. The van der Waals surface area contributed by atoms with Crippen molar-refractivity contribution in [1.29, 1.82) is 0 Å². The van der Waals surface area contributed by atoms with Crippen LogP contribution in [0.1, 0.15) is 46.0 Å². The van der Waals surface area contributed by atoms with Crippen LogP contribution in [-0.2, 0) is 0 Å². The Morgan fingerprint density at radius 1 is 1.35 bits per heavy atom. The van der Waals surface area contributed by atoms with Crippen molar-refractivity contribution in [2.45, 2.75) is 46.0 Å². The van der Waals surface area contributed by atoms with E-state index in [0.717, 1.165) is 36.7 Å². The molecule has 110 valence electrons. The summed E-state index contributed by atoms with van der Waals surface area (Å²) in [7, 11) is 0. The van der Waals surface area contributed by atoms with Crippen molar-refractivity contribution in [3.8, 4) is 0 Å². The van der Waals surface area contributed by atoms with E-state index in [1.165, 1.54) is 25.7 Å². The number of anilines is 2. The summed E-state index contributed by atoms with van der Waals surface area (Å²) in [5, 5.41) is 11.6. The molecule has 1 saturated heterocycles. The highest BCUT2D eigenvalue weighted by molar-refractivity contribution is 5.54. The highest BCUT2D eigenvalue weighted by Crippen LogP contribution is 2.23. The molecule has 4 nitrogen and oxygen atoms in total. The summed E-state index contributed by atoms with van der Waals surface area (Å²) in [6, 6.07) is 2.08. The van der Waals surface area contributed by atoms with Gasteiger partial charge in [0.1, 0.15) is 0 Å². The van der Waals surface area contributed by atoms with Crippen LogP contribution in [0.4, 0.5) is 11.5 Å². The van der Waals surface area contributed by atoms with Gasteiger partial charge in [-0.1, -0.05) is 33.3 Å². The van der Waals surface area contributed by atoms with Crippen LogP contribution in [-0.4, -0.2) is 23.3 Å². The highest BCUT2D eigenvalue weighted by atomic mass is 15.2. The van der Waals surface area contributed by atoms with Crippen molar-refractivity contribution in [2.75, 3.05) is 23.3 Å². The first-order chi connectivity index (χ1) is 9.72. The molecular weight excluding hydrogens is 248 g/mol. The molecule has 0 amide bonds. The van der Waals surface area contributed by atoms with Crippen LogP contribution in [0.25, 0.3) is 0 Å². The zero-order valence-corrected chi connectivity index (χ0v) is 12.7. The average Bonchev–Trinajstić information content (AvgIpc) is 2.99. The normalized spacial score (nSPS) is 14.8. The third-order valence-electron chi connectivity index (χ3n) is 4.11. The Morgan fingerprint density at radius 3 is 2.70 bits per heavy atom. The predicted molar refractivity (Wildman–Crippen MR) is 84.9 cm³/mol. The quantitative estimate of drug-likeness (QED) is 0.820. The number of hydrogen-bond donors (Lipinski definition) is 1. The number of nitrogens with one attached hydrogen (secondary N) is 1. The van der Waals surface area contributed by atoms with Crippen LogP contribution >= 0.6 is 0 Å². The zero-order chi connectivity index (χ0) is 14.4. The second kappa shape index (κ2) is 7.27. The van der Waals surface area contributed by atoms with Crippen molar-refractivity contribution >= 4 is 11.5 Å². The SMILES string of the molecule is C=C(CC(CC)CC)Nc1cc(N2CCCC2)cnn1.